The van der Waals surface area contributed by atoms with Gasteiger partial charge in [0.2, 0.25) is 0 Å². The first-order valence-corrected chi connectivity index (χ1v) is 7.92. The molecule has 0 aliphatic carbocycles. The average molecular weight is 282 g/mol. The zero-order valence-electron chi connectivity index (χ0n) is 11.8. The van der Waals surface area contributed by atoms with Crippen molar-refractivity contribution in [2.75, 3.05) is 0 Å². The number of carboxylic acid groups (broad SMARTS) is 1. The molecule has 106 valence electrons. The summed E-state index contributed by atoms with van der Waals surface area (Å²) in [5, 5.41) is 8.38. The number of hydrogen-bond acceptors (Lipinski definition) is 2. The van der Waals surface area contributed by atoms with E-state index in [1.807, 2.05) is 19.1 Å². The van der Waals surface area contributed by atoms with E-state index in [1.54, 1.807) is 12.1 Å². The van der Waals surface area contributed by atoms with Crippen molar-refractivity contribution < 1.29 is 14.1 Å². The SMILES string of the molecule is CCCCC(C(=O)O)S(=O)c1ccc(C(C)C)cc1. The molecule has 4 heteroatoms. The van der Waals surface area contributed by atoms with Crippen molar-refractivity contribution >= 4 is 16.8 Å². The lowest BCUT2D eigenvalue weighted by Gasteiger charge is -2.12. The molecule has 1 aromatic rings. The highest BCUT2D eigenvalue weighted by Crippen LogP contribution is 2.20. The van der Waals surface area contributed by atoms with Gasteiger partial charge in [-0.1, -0.05) is 45.7 Å². The number of rotatable bonds is 7. The van der Waals surface area contributed by atoms with Crippen LogP contribution in [0.3, 0.4) is 0 Å². The van der Waals surface area contributed by atoms with Gasteiger partial charge in [0.1, 0.15) is 5.25 Å². The molecule has 2 unspecified atom stereocenters. The monoisotopic (exact) mass is 282 g/mol. The third-order valence-electron chi connectivity index (χ3n) is 3.13. The highest BCUT2D eigenvalue weighted by molar-refractivity contribution is 7.86. The summed E-state index contributed by atoms with van der Waals surface area (Å²) in [4.78, 5) is 11.8. The number of carbonyl (C=O) groups is 1. The standard InChI is InChI=1S/C15H22O3S/c1-4-5-6-14(15(16)17)19(18)13-9-7-12(8-10-13)11(2)3/h7-11,14H,4-6H2,1-3H3,(H,16,17). The van der Waals surface area contributed by atoms with Gasteiger partial charge in [0, 0.05) is 4.90 Å². The lowest BCUT2D eigenvalue weighted by Crippen LogP contribution is -2.25. The molecule has 0 fully saturated rings. The lowest BCUT2D eigenvalue weighted by molar-refractivity contribution is -0.136. The van der Waals surface area contributed by atoms with E-state index in [2.05, 4.69) is 13.8 Å². The summed E-state index contributed by atoms with van der Waals surface area (Å²) >= 11 is 0. The third kappa shape index (κ3) is 4.46. The van der Waals surface area contributed by atoms with Gasteiger partial charge in [-0.25, -0.2) is 0 Å². The van der Waals surface area contributed by atoms with Gasteiger partial charge in [-0.05, 0) is 30.0 Å². The fourth-order valence-electron chi connectivity index (χ4n) is 1.86. The molecule has 1 rings (SSSR count). The predicted molar refractivity (Wildman–Crippen MR) is 77.9 cm³/mol. The molecule has 0 aromatic heterocycles. The van der Waals surface area contributed by atoms with E-state index >= 15 is 0 Å². The molecule has 0 bridgehead atoms. The van der Waals surface area contributed by atoms with Crippen molar-refractivity contribution in [3.05, 3.63) is 29.8 Å². The first-order chi connectivity index (χ1) is 8.97. The molecule has 2 atom stereocenters. The molecule has 0 spiro atoms. The smallest absolute Gasteiger partial charge is 0.319 e. The van der Waals surface area contributed by atoms with Crippen molar-refractivity contribution in [1.82, 2.24) is 0 Å². The Labute approximate surface area is 117 Å². The molecule has 1 aromatic carbocycles. The zero-order chi connectivity index (χ0) is 14.4. The van der Waals surface area contributed by atoms with E-state index in [0.29, 0.717) is 17.2 Å². The summed E-state index contributed by atoms with van der Waals surface area (Å²) in [7, 11) is -1.47. The highest BCUT2D eigenvalue weighted by atomic mass is 32.2. The van der Waals surface area contributed by atoms with Crippen LogP contribution in [0.25, 0.3) is 0 Å². The average Bonchev–Trinajstić information content (AvgIpc) is 2.38. The van der Waals surface area contributed by atoms with Gasteiger partial charge in [-0.2, -0.15) is 0 Å². The van der Waals surface area contributed by atoms with Crippen LogP contribution in [0.4, 0.5) is 0 Å². The molecule has 0 radical (unpaired) electrons. The van der Waals surface area contributed by atoms with Crippen LogP contribution in [-0.4, -0.2) is 20.5 Å². The first-order valence-electron chi connectivity index (χ1n) is 6.70. The topological polar surface area (TPSA) is 54.4 Å². The Morgan fingerprint density at radius 2 is 1.84 bits per heavy atom. The Kier molecular flexibility index (Phi) is 6.22. The second kappa shape index (κ2) is 7.43. The number of aliphatic carboxylic acids is 1. The Morgan fingerprint density at radius 3 is 2.26 bits per heavy atom. The molecular formula is C15H22O3S. The van der Waals surface area contributed by atoms with Gasteiger partial charge in [-0.15, -0.1) is 0 Å². The minimum Gasteiger partial charge on any atom is -0.480 e. The number of benzene rings is 1. The van der Waals surface area contributed by atoms with Gasteiger partial charge in [0.15, 0.2) is 0 Å². The van der Waals surface area contributed by atoms with E-state index < -0.39 is 22.0 Å². The van der Waals surface area contributed by atoms with Crippen LogP contribution in [0.15, 0.2) is 29.2 Å². The van der Waals surface area contributed by atoms with Crippen molar-refractivity contribution in [3.8, 4) is 0 Å². The molecule has 1 N–H and O–H groups in total. The summed E-state index contributed by atoms with van der Waals surface area (Å²) in [6, 6.07) is 7.42. The maximum Gasteiger partial charge on any atom is 0.319 e. The van der Waals surface area contributed by atoms with Crippen LogP contribution in [-0.2, 0) is 15.6 Å². The summed E-state index contributed by atoms with van der Waals surface area (Å²) in [6.07, 6.45) is 2.16. The van der Waals surface area contributed by atoms with Crippen LogP contribution in [0.1, 0.15) is 51.5 Å². The van der Waals surface area contributed by atoms with E-state index in [0.717, 1.165) is 12.8 Å². The molecule has 0 aliphatic heterocycles. The van der Waals surface area contributed by atoms with E-state index in [9.17, 15) is 14.1 Å². The second-order valence-corrected chi connectivity index (χ2v) is 6.63. The molecule has 3 nitrogen and oxygen atoms in total. The number of hydrogen-bond donors (Lipinski definition) is 1. The van der Waals surface area contributed by atoms with Crippen LogP contribution in [0, 0.1) is 0 Å². The summed E-state index contributed by atoms with van der Waals surface area (Å²) < 4.78 is 12.3. The Morgan fingerprint density at radius 1 is 1.26 bits per heavy atom. The molecule has 0 amide bonds. The summed E-state index contributed by atoms with van der Waals surface area (Å²) in [5.74, 6) is -0.558. The molecule has 0 heterocycles. The summed E-state index contributed by atoms with van der Waals surface area (Å²) in [6.45, 7) is 6.18. The van der Waals surface area contributed by atoms with E-state index in [4.69, 9.17) is 0 Å². The first kappa shape index (κ1) is 15.9. The largest absolute Gasteiger partial charge is 0.480 e. The van der Waals surface area contributed by atoms with Crippen molar-refractivity contribution in [1.29, 1.82) is 0 Å². The summed E-state index contributed by atoms with van der Waals surface area (Å²) in [5.41, 5.74) is 1.17. The molecule has 0 aliphatic rings. The maximum atomic E-state index is 12.3. The van der Waals surface area contributed by atoms with Crippen molar-refractivity contribution in [2.45, 2.75) is 56.1 Å². The number of carboxylic acids is 1. The second-order valence-electron chi connectivity index (χ2n) is 4.99. The van der Waals surface area contributed by atoms with Crippen LogP contribution >= 0.6 is 0 Å². The minimum absolute atomic E-state index is 0.415. The number of unbranched alkanes of at least 4 members (excludes halogenated alkanes) is 1. The Hall–Kier alpha value is -1.16. The van der Waals surface area contributed by atoms with E-state index in [-0.39, 0.29) is 0 Å². The van der Waals surface area contributed by atoms with Crippen molar-refractivity contribution in [2.24, 2.45) is 0 Å². The molecular weight excluding hydrogens is 260 g/mol. The fraction of sp³-hybridized carbons (Fsp3) is 0.533. The molecule has 0 saturated carbocycles. The van der Waals surface area contributed by atoms with Crippen LogP contribution < -0.4 is 0 Å². The van der Waals surface area contributed by atoms with Gasteiger partial charge in [0.05, 0.1) is 10.8 Å². The Bertz CT molecular complexity index is 437. The minimum atomic E-state index is -1.47. The molecule has 19 heavy (non-hydrogen) atoms. The predicted octanol–water partition coefficient (Wildman–Crippen LogP) is 3.56. The van der Waals surface area contributed by atoms with E-state index in [1.165, 1.54) is 5.56 Å². The van der Waals surface area contributed by atoms with Gasteiger partial charge in [-0.3, -0.25) is 9.00 Å². The van der Waals surface area contributed by atoms with Crippen molar-refractivity contribution in [3.63, 3.8) is 0 Å². The lowest BCUT2D eigenvalue weighted by atomic mass is 10.0. The Balaban J connectivity index is 2.87. The third-order valence-corrected chi connectivity index (χ3v) is 4.82. The van der Waals surface area contributed by atoms with Crippen LogP contribution in [0.2, 0.25) is 0 Å². The zero-order valence-corrected chi connectivity index (χ0v) is 12.6. The fourth-order valence-corrected chi connectivity index (χ4v) is 3.16. The normalized spacial score (nSPS) is 14.3. The maximum absolute atomic E-state index is 12.3. The molecule has 0 saturated heterocycles. The van der Waals surface area contributed by atoms with Gasteiger partial charge in [0.25, 0.3) is 0 Å². The van der Waals surface area contributed by atoms with Gasteiger partial charge >= 0.3 is 5.97 Å². The van der Waals surface area contributed by atoms with Gasteiger partial charge < -0.3 is 5.11 Å². The quantitative estimate of drug-likeness (QED) is 0.832. The van der Waals surface area contributed by atoms with Crippen LogP contribution in [0.5, 0.6) is 0 Å². The highest BCUT2D eigenvalue weighted by Gasteiger charge is 2.25.